The summed E-state index contributed by atoms with van der Waals surface area (Å²) in [6.07, 6.45) is 3.51. The van der Waals surface area contributed by atoms with Crippen LogP contribution in [0.5, 0.6) is 5.75 Å². The third kappa shape index (κ3) is 4.54. The molecule has 0 aliphatic heterocycles. The van der Waals surface area contributed by atoms with Gasteiger partial charge in [0.15, 0.2) is 0 Å². The van der Waals surface area contributed by atoms with Gasteiger partial charge in [0.05, 0.1) is 7.11 Å². The van der Waals surface area contributed by atoms with Gasteiger partial charge in [0.25, 0.3) is 0 Å². The predicted octanol–water partition coefficient (Wildman–Crippen LogP) is 4.01. The van der Waals surface area contributed by atoms with Crippen molar-refractivity contribution in [3.8, 4) is 5.75 Å². The Bertz CT molecular complexity index is 326. The minimum absolute atomic E-state index is 0.222. The normalized spacial score (nSPS) is 14.2. The van der Waals surface area contributed by atoms with Crippen molar-refractivity contribution in [3.63, 3.8) is 0 Å². The number of methoxy groups -OCH3 is 1. The number of unbranched alkanes of at least 4 members (excludes halogenated alkanes) is 1. The van der Waals surface area contributed by atoms with E-state index in [1.54, 1.807) is 7.11 Å². The lowest BCUT2D eigenvalue weighted by Crippen LogP contribution is -2.25. The number of thioether (sulfide) groups is 1. The summed E-state index contributed by atoms with van der Waals surface area (Å²) in [5.74, 6) is 2.09. The van der Waals surface area contributed by atoms with Crippen LogP contribution >= 0.6 is 11.8 Å². The molecule has 3 heteroatoms. The van der Waals surface area contributed by atoms with Gasteiger partial charge in [0.2, 0.25) is 0 Å². The first-order valence-electron chi connectivity index (χ1n) is 6.74. The molecule has 0 saturated carbocycles. The standard InChI is InChI=1S/C15H25NOS/c1-4-6-11-18-15(14(16)5-2)12-7-9-13(17-3)10-8-12/h7-10,14-15H,4-6,11,16H2,1-3H3. The molecule has 0 bridgehead atoms. The quantitative estimate of drug-likeness (QED) is 0.723. The summed E-state index contributed by atoms with van der Waals surface area (Å²) >= 11 is 1.98. The van der Waals surface area contributed by atoms with Crippen molar-refractivity contribution in [1.82, 2.24) is 0 Å². The first-order valence-corrected chi connectivity index (χ1v) is 7.78. The second kappa shape index (κ2) is 8.44. The fraction of sp³-hybridized carbons (Fsp3) is 0.600. The molecule has 1 rings (SSSR count). The summed E-state index contributed by atoms with van der Waals surface area (Å²) < 4.78 is 5.20. The minimum atomic E-state index is 0.222. The molecule has 0 amide bonds. The third-order valence-corrected chi connectivity index (χ3v) is 4.61. The molecule has 0 aromatic heterocycles. The van der Waals surface area contributed by atoms with Gasteiger partial charge in [-0.05, 0) is 36.3 Å². The van der Waals surface area contributed by atoms with Gasteiger partial charge >= 0.3 is 0 Å². The number of rotatable bonds is 8. The van der Waals surface area contributed by atoms with Crippen molar-refractivity contribution in [2.24, 2.45) is 5.73 Å². The molecule has 0 aliphatic carbocycles. The summed E-state index contributed by atoms with van der Waals surface area (Å²) in [7, 11) is 1.69. The number of hydrogen-bond donors (Lipinski definition) is 1. The average Bonchev–Trinajstić information content (AvgIpc) is 2.43. The van der Waals surface area contributed by atoms with Crippen LogP contribution in [0.1, 0.15) is 43.9 Å². The van der Waals surface area contributed by atoms with Crippen molar-refractivity contribution in [2.75, 3.05) is 12.9 Å². The Morgan fingerprint density at radius 3 is 2.39 bits per heavy atom. The highest BCUT2D eigenvalue weighted by atomic mass is 32.2. The molecule has 0 heterocycles. The lowest BCUT2D eigenvalue weighted by molar-refractivity contribution is 0.414. The van der Waals surface area contributed by atoms with Gasteiger partial charge in [-0.2, -0.15) is 11.8 Å². The lowest BCUT2D eigenvalue weighted by Gasteiger charge is -2.23. The van der Waals surface area contributed by atoms with Crippen molar-refractivity contribution in [2.45, 2.75) is 44.4 Å². The Hall–Kier alpha value is -0.670. The largest absolute Gasteiger partial charge is 0.497 e. The summed E-state index contributed by atoms with van der Waals surface area (Å²) in [5, 5.41) is 0.396. The van der Waals surface area contributed by atoms with Crippen molar-refractivity contribution in [3.05, 3.63) is 29.8 Å². The van der Waals surface area contributed by atoms with E-state index in [9.17, 15) is 0 Å². The molecule has 0 radical (unpaired) electrons. The zero-order valence-electron chi connectivity index (χ0n) is 11.7. The first kappa shape index (κ1) is 15.4. The Morgan fingerprint density at radius 1 is 1.22 bits per heavy atom. The molecule has 1 aromatic rings. The molecule has 2 unspecified atom stereocenters. The summed E-state index contributed by atoms with van der Waals surface area (Å²) in [6, 6.07) is 8.53. The molecule has 0 spiro atoms. The van der Waals surface area contributed by atoms with Gasteiger partial charge in [-0.15, -0.1) is 0 Å². The van der Waals surface area contributed by atoms with Gasteiger partial charge in [-0.3, -0.25) is 0 Å². The fourth-order valence-corrected chi connectivity index (χ4v) is 3.33. The number of ether oxygens (including phenoxy) is 1. The summed E-state index contributed by atoms with van der Waals surface area (Å²) in [4.78, 5) is 0. The maximum absolute atomic E-state index is 6.25. The van der Waals surface area contributed by atoms with Crippen LogP contribution in [0.25, 0.3) is 0 Å². The van der Waals surface area contributed by atoms with E-state index in [1.165, 1.54) is 24.2 Å². The minimum Gasteiger partial charge on any atom is -0.497 e. The molecule has 0 aliphatic rings. The molecule has 2 atom stereocenters. The summed E-state index contributed by atoms with van der Waals surface area (Å²) in [6.45, 7) is 4.38. The Kier molecular flexibility index (Phi) is 7.21. The van der Waals surface area contributed by atoms with Crippen LogP contribution in [0.2, 0.25) is 0 Å². The number of benzene rings is 1. The van der Waals surface area contributed by atoms with Crippen molar-refractivity contribution in [1.29, 1.82) is 0 Å². The van der Waals surface area contributed by atoms with Crippen molar-refractivity contribution < 1.29 is 4.74 Å². The maximum Gasteiger partial charge on any atom is 0.118 e. The van der Waals surface area contributed by atoms with E-state index in [-0.39, 0.29) is 6.04 Å². The van der Waals surface area contributed by atoms with Gasteiger partial charge < -0.3 is 10.5 Å². The predicted molar refractivity (Wildman–Crippen MR) is 81.4 cm³/mol. The number of nitrogens with two attached hydrogens (primary N) is 1. The average molecular weight is 267 g/mol. The van der Waals surface area contributed by atoms with Crippen LogP contribution in [0, 0.1) is 0 Å². The molecular formula is C15H25NOS. The van der Waals surface area contributed by atoms with Crippen LogP contribution in [0.4, 0.5) is 0 Å². The van der Waals surface area contributed by atoms with Crippen LogP contribution in [0.15, 0.2) is 24.3 Å². The third-order valence-electron chi connectivity index (χ3n) is 3.10. The molecule has 0 fully saturated rings. The molecule has 2 N–H and O–H groups in total. The van der Waals surface area contributed by atoms with E-state index in [1.807, 2.05) is 23.9 Å². The maximum atomic E-state index is 6.25. The number of hydrogen-bond acceptors (Lipinski definition) is 3. The summed E-state index contributed by atoms with van der Waals surface area (Å²) in [5.41, 5.74) is 7.56. The van der Waals surface area contributed by atoms with E-state index >= 15 is 0 Å². The second-order valence-corrected chi connectivity index (χ2v) is 5.74. The molecular weight excluding hydrogens is 242 g/mol. The van der Waals surface area contributed by atoms with E-state index in [0.29, 0.717) is 5.25 Å². The molecule has 18 heavy (non-hydrogen) atoms. The van der Waals surface area contributed by atoms with E-state index in [2.05, 4.69) is 26.0 Å². The smallest absolute Gasteiger partial charge is 0.118 e. The topological polar surface area (TPSA) is 35.2 Å². The highest BCUT2D eigenvalue weighted by molar-refractivity contribution is 7.99. The zero-order valence-corrected chi connectivity index (χ0v) is 12.5. The monoisotopic (exact) mass is 267 g/mol. The second-order valence-electron chi connectivity index (χ2n) is 4.49. The van der Waals surface area contributed by atoms with E-state index in [4.69, 9.17) is 10.5 Å². The van der Waals surface area contributed by atoms with Gasteiger partial charge in [0.1, 0.15) is 5.75 Å². The fourth-order valence-electron chi connectivity index (χ4n) is 1.83. The van der Waals surface area contributed by atoms with Gasteiger partial charge in [-0.25, -0.2) is 0 Å². The van der Waals surface area contributed by atoms with E-state index < -0.39 is 0 Å². The lowest BCUT2D eigenvalue weighted by atomic mass is 10.0. The SMILES string of the molecule is CCCCSC(c1ccc(OC)cc1)C(N)CC. The van der Waals surface area contributed by atoms with Crippen LogP contribution in [-0.2, 0) is 0 Å². The highest BCUT2D eigenvalue weighted by Gasteiger charge is 2.18. The van der Waals surface area contributed by atoms with Crippen LogP contribution < -0.4 is 10.5 Å². The molecule has 0 saturated heterocycles. The zero-order chi connectivity index (χ0) is 13.4. The Balaban J connectivity index is 2.73. The van der Waals surface area contributed by atoms with Crippen molar-refractivity contribution >= 4 is 11.8 Å². The van der Waals surface area contributed by atoms with Crippen LogP contribution in [0.3, 0.4) is 0 Å². The molecule has 2 nitrogen and oxygen atoms in total. The Labute approximate surface area is 115 Å². The molecule has 102 valence electrons. The van der Waals surface area contributed by atoms with Gasteiger partial charge in [-0.1, -0.05) is 32.4 Å². The highest BCUT2D eigenvalue weighted by Crippen LogP contribution is 2.34. The first-order chi connectivity index (χ1) is 8.72. The molecule has 1 aromatic carbocycles. The van der Waals surface area contributed by atoms with Gasteiger partial charge in [0, 0.05) is 11.3 Å². The van der Waals surface area contributed by atoms with E-state index in [0.717, 1.165) is 12.2 Å². The Morgan fingerprint density at radius 2 is 1.89 bits per heavy atom. The van der Waals surface area contributed by atoms with Crippen LogP contribution in [-0.4, -0.2) is 18.9 Å².